The first-order valence-electron chi connectivity index (χ1n) is 6.72. The largest absolute Gasteiger partial charge is 0.495 e. The lowest BCUT2D eigenvalue weighted by atomic mass is 9.96. The van der Waals surface area contributed by atoms with Crippen molar-refractivity contribution in [1.82, 2.24) is 4.90 Å². The summed E-state index contributed by atoms with van der Waals surface area (Å²) in [6.07, 6.45) is 3.33. The normalized spacial score (nSPS) is 16.7. The summed E-state index contributed by atoms with van der Waals surface area (Å²) in [5, 5.41) is 8.41. The number of nitrogens with zero attached hydrogens (tertiary/aromatic N) is 1. The highest BCUT2D eigenvalue weighted by molar-refractivity contribution is 6.43. The number of nitrogens with one attached hydrogen (secondary N) is 1. The molecule has 0 saturated carbocycles. The molecule has 0 saturated heterocycles. The second kappa shape index (κ2) is 6.64. The Balaban J connectivity index is 2.79. The molecule has 1 aromatic rings. The number of carbonyl (C=O) groups excluding carboxylic acids is 1. The van der Waals surface area contributed by atoms with E-state index in [1.165, 1.54) is 26.2 Å². The van der Waals surface area contributed by atoms with E-state index in [4.69, 9.17) is 38.1 Å². The fraction of sp³-hybridized carbons (Fsp3) is 0.250. The van der Waals surface area contributed by atoms with Gasteiger partial charge in [-0.3, -0.25) is 15.1 Å². The fourth-order valence-electron chi connectivity index (χ4n) is 2.28. The van der Waals surface area contributed by atoms with E-state index in [1.807, 2.05) is 0 Å². The summed E-state index contributed by atoms with van der Waals surface area (Å²) in [6.45, 7) is 1.79. The number of hydrogen-bond acceptors (Lipinski definition) is 4. The zero-order valence-electron chi connectivity index (χ0n) is 13.2. The van der Waals surface area contributed by atoms with Crippen LogP contribution < -0.4 is 9.47 Å². The molecule has 0 unspecified atom stereocenters. The minimum atomic E-state index is -0.375. The number of rotatable bonds is 3. The third kappa shape index (κ3) is 2.82. The van der Waals surface area contributed by atoms with Crippen LogP contribution in [0.25, 0.3) is 5.57 Å². The molecule has 1 heterocycles. The van der Waals surface area contributed by atoms with Crippen molar-refractivity contribution < 1.29 is 14.3 Å². The smallest absolute Gasteiger partial charge is 0.259 e. The Bertz CT molecular complexity index is 726. The van der Waals surface area contributed by atoms with Gasteiger partial charge in [0.25, 0.3) is 5.91 Å². The Labute approximate surface area is 144 Å². The standard InChI is InChI=1S/C16H16Cl2N2O3/c1-5-8-6-9(16(21)20(2)15(8)19)12-13(17)10(22-3)7-11(23-4)14(12)18/h5-7,19H,1-4H3/b8-5-,19-15?. The molecule has 1 aliphatic heterocycles. The number of ether oxygens (including phenoxy) is 2. The third-order valence-electron chi connectivity index (χ3n) is 3.60. The van der Waals surface area contributed by atoms with Gasteiger partial charge in [-0.05, 0) is 13.0 Å². The predicted octanol–water partition coefficient (Wildman–Crippen LogP) is 3.79. The number of likely N-dealkylation sites (N-methyl/N-ethyl adjacent to an activating group) is 1. The molecule has 0 aliphatic carbocycles. The molecule has 7 heteroatoms. The third-order valence-corrected chi connectivity index (χ3v) is 4.35. The highest BCUT2D eigenvalue weighted by Crippen LogP contribution is 2.45. The number of amides is 1. The molecular weight excluding hydrogens is 339 g/mol. The van der Waals surface area contributed by atoms with Crippen LogP contribution in [0.4, 0.5) is 0 Å². The minimum Gasteiger partial charge on any atom is -0.495 e. The summed E-state index contributed by atoms with van der Waals surface area (Å²) in [5.41, 5.74) is 1.20. The molecule has 1 aliphatic rings. The van der Waals surface area contributed by atoms with Crippen molar-refractivity contribution >= 4 is 40.5 Å². The van der Waals surface area contributed by atoms with Crippen molar-refractivity contribution in [3.8, 4) is 11.5 Å². The van der Waals surface area contributed by atoms with E-state index in [0.29, 0.717) is 22.6 Å². The monoisotopic (exact) mass is 354 g/mol. The van der Waals surface area contributed by atoms with Crippen LogP contribution in [0.3, 0.4) is 0 Å². The molecule has 0 atom stereocenters. The SMILES string of the molecule is C/C=C1/C=C(c2c(Cl)c(OC)cc(OC)c2Cl)C(=O)N(C)C1=N. The topological polar surface area (TPSA) is 62.6 Å². The molecule has 122 valence electrons. The summed E-state index contributed by atoms with van der Waals surface area (Å²) in [5.74, 6) is 0.437. The maximum atomic E-state index is 12.6. The molecular formula is C16H16Cl2N2O3. The quantitative estimate of drug-likeness (QED) is 0.897. The molecule has 0 bridgehead atoms. The van der Waals surface area contributed by atoms with Crippen LogP contribution in [-0.2, 0) is 4.79 Å². The van der Waals surface area contributed by atoms with Crippen LogP contribution >= 0.6 is 23.2 Å². The second-order valence-electron chi connectivity index (χ2n) is 4.80. The molecule has 1 amide bonds. The Morgan fingerprint density at radius 1 is 1.17 bits per heavy atom. The maximum absolute atomic E-state index is 12.6. The molecule has 0 spiro atoms. The Hall–Kier alpha value is -1.98. The van der Waals surface area contributed by atoms with Crippen molar-refractivity contribution in [2.45, 2.75) is 6.92 Å². The molecule has 0 radical (unpaired) electrons. The van der Waals surface area contributed by atoms with Crippen LogP contribution in [-0.4, -0.2) is 37.9 Å². The summed E-state index contributed by atoms with van der Waals surface area (Å²) in [6, 6.07) is 1.56. The summed E-state index contributed by atoms with van der Waals surface area (Å²) >= 11 is 12.7. The minimum absolute atomic E-state index is 0.114. The number of amidine groups is 1. The molecule has 1 aromatic carbocycles. The average molecular weight is 355 g/mol. The molecule has 0 fully saturated rings. The predicted molar refractivity (Wildman–Crippen MR) is 91.8 cm³/mol. The second-order valence-corrected chi connectivity index (χ2v) is 5.55. The van der Waals surface area contributed by atoms with Gasteiger partial charge in [-0.2, -0.15) is 0 Å². The molecule has 0 aromatic heterocycles. The fourth-order valence-corrected chi connectivity index (χ4v) is 2.99. The van der Waals surface area contributed by atoms with Crippen molar-refractivity contribution in [3.63, 3.8) is 0 Å². The van der Waals surface area contributed by atoms with E-state index in [2.05, 4.69) is 0 Å². The van der Waals surface area contributed by atoms with E-state index < -0.39 is 0 Å². The van der Waals surface area contributed by atoms with E-state index in [-0.39, 0.29) is 27.4 Å². The van der Waals surface area contributed by atoms with Crippen LogP contribution in [0, 0.1) is 5.41 Å². The van der Waals surface area contributed by atoms with Crippen LogP contribution in [0.5, 0.6) is 11.5 Å². The first-order valence-corrected chi connectivity index (χ1v) is 7.48. The van der Waals surface area contributed by atoms with E-state index in [9.17, 15) is 4.79 Å². The van der Waals surface area contributed by atoms with E-state index in [1.54, 1.807) is 25.1 Å². The van der Waals surface area contributed by atoms with Gasteiger partial charge < -0.3 is 9.47 Å². The Morgan fingerprint density at radius 2 is 1.70 bits per heavy atom. The van der Waals surface area contributed by atoms with Gasteiger partial charge in [0.05, 0.1) is 29.8 Å². The summed E-state index contributed by atoms with van der Waals surface area (Å²) < 4.78 is 10.5. The first kappa shape index (κ1) is 17.4. The van der Waals surface area contributed by atoms with Crippen LogP contribution in [0.2, 0.25) is 10.0 Å². The average Bonchev–Trinajstić information content (AvgIpc) is 2.55. The number of methoxy groups -OCH3 is 2. The lowest BCUT2D eigenvalue weighted by Crippen LogP contribution is -2.37. The van der Waals surface area contributed by atoms with Gasteiger partial charge in [0.2, 0.25) is 0 Å². The van der Waals surface area contributed by atoms with Gasteiger partial charge in [-0.25, -0.2) is 0 Å². The van der Waals surface area contributed by atoms with Gasteiger partial charge in [-0.1, -0.05) is 29.3 Å². The van der Waals surface area contributed by atoms with Crippen molar-refractivity contribution in [2.24, 2.45) is 0 Å². The number of benzene rings is 1. The zero-order valence-corrected chi connectivity index (χ0v) is 14.7. The summed E-state index contributed by atoms with van der Waals surface area (Å²) in [4.78, 5) is 13.8. The van der Waals surface area contributed by atoms with Crippen LogP contribution in [0.15, 0.2) is 23.8 Å². The number of halogens is 2. The van der Waals surface area contributed by atoms with Gasteiger partial charge in [0, 0.05) is 24.3 Å². The van der Waals surface area contributed by atoms with Gasteiger partial charge >= 0.3 is 0 Å². The maximum Gasteiger partial charge on any atom is 0.259 e. The number of allylic oxidation sites excluding steroid dienone is 1. The lowest BCUT2D eigenvalue weighted by Gasteiger charge is -2.27. The van der Waals surface area contributed by atoms with Gasteiger partial charge in [0.15, 0.2) is 0 Å². The number of hydrogen-bond donors (Lipinski definition) is 1. The molecule has 1 N–H and O–H groups in total. The molecule has 23 heavy (non-hydrogen) atoms. The van der Waals surface area contributed by atoms with Gasteiger partial charge in [0.1, 0.15) is 17.3 Å². The highest BCUT2D eigenvalue weighted by Gasteiger charge is 2.31. The highest BCUT2D eigenvalue weighted by atomic mass is 35.5. The zero-order chi connectivity index (χ0) is 17.3. The van der Waals surface area contributed by atoms with Crippen molar-refractivity contribution in [2.75, 3.05) is 21.3 Å². The lowest BCUT2D eigenvalue weighted by molar-refractivity contribution is -0.120. The van der Waals surface area contributed by atoms with E-state index >= 15 is 0 Å². The van der Waals surface area contributed by atoms with Crippen molar-refractivity contribution in [3.05, 3.63) is 39.4 Å². The Morgan fingerprint density at radius 3 is 2.13 bits per heavy atom. The number of carbonyl (C=O) groups is 1. The molecule has 2 rings (SSSR count). The Kier molecular flexibility index (Phi) is 5.02. The molecule has 5 nitrogen and oxygen atoms in total. The van der Waals surface area contributed by atoms with Gasteiger partial charge in [-0.15, -0.1) is 0 Å². The van der Waals surface area contributed by atoms with E-state index in [0.717, 1.165) is 0 Å². The summed E-state index contributed by atoms with van der Waals surface area (Å²) in [7, 11) is 4.46. The van der Waals surface area contributed by atoms with Crippen LogP contribution in [0.1, 0.15) is 12.5 Å². The first-order chi connectivity index (χ1) is 10.9. The van der Waals surface area contributed by atoms with Crippen molar-refractivity contribution in [1.29, 1.82) is 5.41 Å².